The van der Waals surface area contributed by atoms with Crippen molar-refractivity contribution in [2.75, 3.05) is 0 Å². The zero-order chi connectivity index (χ0) is 9.40. The van der Waals surface area contributed by atoms with E-state index in [0.717, 1.165) is 11.3 Å². The fourth-order valence-corrected chi connectivity index (χ4v) is 0.679. The predicted octanol–water partition coefficient (Wildman–Crippen LogP) is 3.28. The normalized spacial score (nSPS) is 13.5. The molecule has 0 bridgehead atoms. The Labute approximate surface area is 74.5 Å². The Balaban J connectivity index is 4.76. The molecule has 0 rings (SSSR count). The van der Waals surface area contributed by atoms with Gasteiger partial charge in [0, 0.05) is 6.21 Å². The molecule has 0 aromatic carbocycles. The standard InChI is InChI=1S/C11H15N/c1-5-8-9-11(12-7-3)10(4)6-2/h5-9H,1-2H2,3-4H3/b9-8-,11-10-,12-7?. The maximum atomic E-state index is 4.18. The number of hydrogen-bond acceptors (Lipinski definition) is 1. The van der Waals surface area contributed by atoms with Crippen LogP contribution in [-0.2, 0) is 0 Å². The fraction of sp³-hybridized carbons (Fsp3) is 0.182. The van der Waals surface area contributed by atoms with E-state index >= 15 is 0 Å². The van der Waals surface area contributed by atoms with Gasteiger partial charge in [-0.1, -0.05) is 31.4 Å². The molecule has 0 aliphatic heterocycles. The van der Waals surface area contributed by atoms with Crippen LogP contribution in [0.25, 0.3) is 0 Å². The summed E-state index contributed by atoms with van der Waals surface area (Å²) in [5, 5.41) is 0. The molecule has 64 valence electrons. The Morgan fingerprint density at radius 2 is 2.00 bits per heavy atom. The van der Waals surface area contributed by atoms with E-state index < -0.39 is 0 Å². The molecule has 0 aliphatic carbocycles. The second kappa shape index (κ2) is 6.35. The van der Waals surface area contributed by atoms with Gasteiger partial charge in [0.25, 0.3) is 0 Å². The molecule has 0 fully saturated rings. The molecule has 0 unspecified atom stereocenters. The van der Waals surface area contributed by atoms with Crippen molar-refractivity contribution in [3.8, 4) is 0 Å². The highest BCUT2D eigenvalue weighted by atomic mass is 14.7. The fourth-order valence-electron chi connectivity index (χ4n) is 0.679. The van der Waals surface area contributed by atoms with E-state index in [-0.39, 0.29) is 0 Å². The van der Waals surface area contributed by atoms with Crippen molar-refractivity contribution in [2.45, 2.75) is 13.8 Å². The maximum Gasteiger partial charge on any atom is 0.0654 e. The van der Waals surface area contributed by atoms with Crippen molar-refractivity contribution < 1.29 is 0 Å². The molecule has 0 aliphatic rings. The van der Waals surface area contributed by atoms with Gasteiger partial charge in [0.15, 0.2) is 0 Å². The Kier molecular flexibility index (Phi) is 5.62. The van der Waals surface area contributed by atoms with Gasteiger partial charge in [-0.2, -0.15) is 0 Å². The molecule has 12 heavy (non-hydrogen) atoms. The summed E-state index contributed by atoms with van der Waals surface area (Å²) >= 11 is 0. The molecule has 0 saturated carbocycles. The zero-order valence-electron chi connectivity index (χ0n) is 7.75. The van der Waals surface area contributed by atoms with Gasteiger partial charge in [0.2, 0.25) is 0 Å². The van der Waals surface area contributed by atoms with Crippen molar-refractivity contribution in [1.29, 1.82) is 0 Å². The largest absolute Gasteiger partial charge is 0.261 e. The van der Waals surface area contributed by atoms with Gasteiger partial charge in [-0.15, -0.1) is 0 Å². The average molecular weight is 161 g/mol. The minimum atomic E-state index is 0.924. The van der Waals surface area contributed by atoms with E-state index in [9.17, 15) is 0 Å². The van der Waals surface area contributed by atoms with Gasteiger partial charge in [-0.25, -0.2) is 0 Å². The highest BCUT2D eigenvalue weighted by molar-refractivity contribution is 5.57. The first-order valence-corrected chi connectivity index (χ1v) is 3.87. The first-order valence-electron chi connectivity index (χ1n) is 3.87. The van der Waals surface area contributed by atoms with Crippen LogP contribution in [0.1, 0.15) is 13.8 Å². The molecule has 0 atom stereocenters. The van der Waals surface area contributed by atoms with E-state index in [0.29, 0.717) is 0 Å². The molecule has 0 N–H and O–H groups in total. The molecular weight excluding hydrogens is 146 g/mol. The summed E-state index contributed by atoms with van der Waals surface area (Å²) in [7, 11) is 0. The zero-order valence-corrected chi connectivity index (χ0v) is 7.75. The third-order valence-corrected chi connectivity index (χ3v) is 1.37. The monoisotopic (exact) mass is 161 g/mol. The summed E-state index contributed by atoms with van der Waals surface area (Å²) in [5.74, 6) is 0. The summed E-state index contributed by atoms with van der Waals surface area (Å²) in [6, 6.07) is 0. The third kappa shape index (κ3) is 3.71. The predicted molar refractivity (Wildman–Crippen MR) is 56.4 cm³/mol. The van der Waals surface area contributed by atoms with Crippen molar-refractivity contribution in [1.82, 2.24) is 0 Å². The molecule has 0 amide bonds. The van der Waals surface area contributed by atoms with Crippen LogP contribution < -0.4 is 0 Å². The van der Waals surface area contributed by atoms with Crippen LogP contribution >= 0.6 is 0 Å². The molecule has 0 radical (unpaired) electrons. The molecule has 0 aromatic heterocycles. The summed E-state index contributed by atoms with van der Waals surface area (Å²) in [6.07, 6.45) is 9.03. The quantitative estimate of drug-likeness (QED) is 0.443. The van der Waals surface area contributed by atoms with Crippen molar-refractivity contribution in [2.24, 2.45) is 4.99 Å². The molecule has 1 nitrogen and oxygen atoms in total. The van der Waals surface area contributed by atoms with Crippen LogP contribution in [-0.4, -0.2) is 6.21 Å². The van der Waals surface area contributed by atoms with Crippen molar-refractivity contribution >= 4 is 6.21 Å². The smallest absolute Gasteiger partial charge is 0.0654 e. The Bertz CT molecular complexity index is 242. The van der Waals surface area contributed by atoms with Crippen LogP contribution in [0.3, 0.4) is 0 Å². The SMILES string of the molecule is C=C/C=C\C(N=CC)=C(/C)C=C. The summed E-state index contributed by atoms with van der Waals surface area (Å²) in [6.45, 7) is 11.1. The van der Waals surface area contributed by atoms with Gasteiger partial charge in [0.05, 0.1) is 5.70 Å². The Hall–Kier alpha value is -1.37. The van der Waals surface area contributed by atoms with Gasteiger partial charge < -0.3 is 0 Å². The first-order chi connectivity index (χ1) is 5.76. The number of nitrogens with zero attached hydrogens (tertiary/aromatic N) is 1. The number of aliphatic imine (C=N–C) groups is 1. The molecule has 0 spiro atoms. The summed E-state index contributed by atoms with van der Waals surface area (Å²) in [4.78, 5) is 4.18. The lowest BCUT2D eigenvalue weighted by Crippen LogP contribution is -1.78. The van der Waals surface area contributed by atoms with E-state index in [4.69, 9.17) is 0 Å². The number of allylic oxidation sites excluding steroid dienone is 5. The van der Waals surface area contributed by atoms with Crippen LogP contribution in [0.5, 0.6) is 0 Å². The van der Waals surface area contributed by atoms with Crippen LogP contribution in [0, 0.1) is 0 Å². The van der Waals surface area contributed by atoms with E-state index in [1.165, 1.54) is 0 Å². The highest BCUT2D eigenvalue weighted by Crippen LogP contribution is 2.07. The second-order valence-electron chi connectivity index (χ2n) is 2.25. The van der Waals surface area contributed by atoms with E-state index in [1.807, 2.05) is 26.0 Å². The lowest BCUT2D eigenvalue weighted by molar-refractivity contribution is 1.32. The van der Waals surface area contributed by atoms with Gasteiger partial charge >= 0.3 is 0 Å². The Morgan fingerprint density at radius 3 is 2.42 bits per heavy atom. The summed E-state index contributed by atoms with van der Waals surface area (Å²) in [5.41, 5.74) is 1.98. The molecule has 0 aromatic rings. The lowest BCUT2D eigenvalue weighted by atomic mass is 10.2. The third-order valence-electron chi connectivity index (χ3n) is 1.37. The minimum absolute atomic E-state index is 0.924. The van der Waals surface area contributed by atoms with Gasteiger partial charge in [-0.05, 0) is 25.5 Å². The van der Waals surface area contributed by atoms with Crippen molar-refractivity contribution in [3.63, 3.8) is 0 Å². The molecule has 0 heterocycles. The van der Waals surface area contributed by atoms with Crippen LogP contribution in [0.4, 0.5) is 0 Å². The van der Waals surface area contributed by atoms with E-state index in [2.05, 4.69) is 18.2 Å². The summed E-state index contributed by atoms with van der Waals surface area (Å²) < 4.78 is 0. The molecular formula is C11H15N. The number of rotatable bonds is 4. The van der Waals surface area contributed by atoms with E-state index in [1.54, 1.807) is 18.4 Å². The maximum absolute atomic E-state index is 4.18. The van der Waals surface area contributed by atoms with Crippen molar-refractivity contribution in [3.05, 3.63) is 48.7 Å². The molecule has 1 heteroatoms. The first kappa shape index (κ1) is 10.6. The van der Waals surface area contributed by atoms with Gasteiger partial charge in [0.1, 0.15) is 0 Å². The second-order valence-corrected chi connectivity index (χ2v) is 2.25. The lowest BCUT2D eigenvalue weighted by Gasteiger charge is -1.96. The number of hydrogen-bond donors (Lipinski definition) is 0. The van der Waals surface area contributed by atoms with Crippen LogP contribution in [0.2, 0.25) is 0 Å². The van der Waals surface area contributed by atoms with Crippen LogP contribution in [0.15, 0.2) is 53.7 Å². The topological polar surface area (TPSA) is 12.4 Å². The van der Waals surface area contributed by atoms with Gasteiger partial charge in [-0.3, -0.25) is 4.99 Å². The minimum Gasteiger partial charge on any atom is -0.261 e. The molecule has 0 saturated heterocycles. The Morgan fingerprint density at radius 1 is 1.33 bits per heavy atom. The highest BCUT2D eigenvalue weighted by Gasteiger charge is 1.89. The average Bonchev–Trinajstić information content (AvgIpc) is 2.11.